The van der Waals surface area contributed by atoms with Crippen molar-refractivity contribution in [2.24, 2.45) is 5.92 Å². The summed E-state index contributed by atoms with van der Waals surface area (Å²) in [6, 6.07) is 0. The number of methoxy groups -OCH3 is 1. The van der Waals surface area contributed by atoms with Gasteiger partial charge in [-0.2, -0.15) is 0 Å². The van der Waals surface area contributed by atoms with Gasteiger partial charge in [0, 0.05) is 26.4 Å². The number of rotatable bonds is 4. The SMILES string of the molecule is COCC1CCCN(c2ncc(CO)s2)C1. The minimum atomic E-state index is 0.0903. The molecule has 1 saturated heterocycles. The number of thiazole rings is 1. The lowest BCUT2D eigenvalue weighted by molar-refractivity contribution is 0.143. The van der Waals surface area contributed by atoms with E-state index in [4.69, 9.17) is 9.84 Å². The maximum atomic E-state index is 9.02. The summed E-state index contributed by atoms with van der Waals surface area (Å²) in [5.74, 6) is 0.611. The van der Waals surface area contributed by atoms with E-state index in [2.05, 4.69) is 9.88 Å². The molecule has 4 nitrogen and oxygen atoms in total. The molecule has 1 aromatic heterocycles. The Labute approximate surface area is 99.9 Å². The van der Waals surface area contributed by atoms with Gasteiger partial charge in [-0.25, -0.2) is 4.98 Å². The fourth-order valence-corrected chi connectivity index (χ4v) is 2.93. The number of aliphatic hydroxyl groups is 1. The van der Waals surface area contributed by atoms with E-state index in [1.165, 1.54) is 12.8 Å². The van der Waals surface area contributed by atoms with Gasteiger partial charge >= 0.3 is 0 Å². The van der Waals surface area contributed by atoms with Crippen LogP contribution in [0.4, 0.5) is 5.13 Å². The summed E-state index contributed by atoms with van der Waals surface area (Å²) >= 11 is 1.58. The number of aromatic nitrogens is 1. The summed E-state index contributed by atoms with van der Waals surface area (Å²) < 4.78 is 5.21. The Hall–Kier alpha value is -0.650. The Morgan fingerprint density at radius 3 is 3.25 bits per heavy atom. The number of nitrogens with zero attached hydrogens (tertiary/aromatic N) is 2. The van der Waals surface area contributed by atoms with Crippen LogP contribution in [0.1, 0.15) is 17.7 Å². The van der Waals surface area contributed by atoms with E-state index < -0.39 is 0 Å². The molecule has 1 aromatic rings. The highest BCUT2D eigenvalue weighted by molar-refractivity contribution is 7.15. The lowest BCUT2D eigenvalue weighted by Crippen LogP contribution is -2.37. The van der Waals surface area contributed by atoms with E-state index in [1.54, 1.807) is 24.6 Å². The van der Waals surface area contributed by atoms with Gasteiger partial charge < -0.3 is 14.7 Å². The molecule has 2 heterocycles. The third-order valence-corrected chi connectivity index (χ3v) is 3.93. The van der Waals surface area contributed by atoms with Crippen molar-refractivity contribution in [2.45, 2.75) is 19.4 Å². The van der Waals surface area contributed by atoms with Gasteiger partial charge in [-0.15, -0.1) is 0 Å². The molecular weight excluding hydrogens is 224 g/mol. The molecule has 5 heteroatoms. The molecule has 1 N–H and O–H groups in total. The summed E-state index contributed by atoms with van der Waals surface area (Å²) in [6.45, 7) is 3.01. The van der Waals surface area contributed by atoms with Crippen LogP contribution >= 0.6 is 11.3 Å². The zero-order valence-corrected chi connectivity index (χ0v) is 10.4. The molecular formula is C11H18N2O2S. The summed E-state index contributed by atoms with van der Waals surface area (Å²) in [4.78, 5) is 7.59. The van der Waals surface area contributed by atoms with Gasteiger partial charge in [-0.3, -0.25) is 0 Å². The Morgan fingerprint density at radius 1 is 1.69 bits per heavy atom. The third kappa shape index (κ3) is 2.72. The molecule has 1 fully saturated rings. The van der Waals surface area contributed by atoms with Crippen molar-refractivity contribution in [3.63, 3.8) is 0 Å². The van der Waals surface area contributed by atoms with Crippen molar-refractivity contribution < 1.29 is 9.84 Å². The van der Waals surface area contributed by atoms with Crippen LogP contribution in [0, 0.1) is 5.92 Å². The Balaban J connectivity index is 1.98. The minimum Gasteiger partial charge on any atom is -0.391 e. The number of anilines is 1. The first-order chi connectivity index (χ1) is 7.83. The highest BCUT2D eigenvalue weighted by Crippen LogP contribution is 2.27. The largest absolute Gasteiger partial charge is 0.391 e. The first kappa shape index (κ1) is 11.8. The second kappa shape index (κ2) is 5.61. The summed E-state index contributed by atoms with van der Waals surface area (Å²) in [5.41, 5.74) is 0. The summed E-state index contributed by atoms with van der Waals surface area (Å²) in [5, 5.41) is 10.0. The molecule has 0 bridgehead atoms. The first-order valence-corrected chi connectivity index (χ1v) is 6.44. The van der Waals surface area contributed by atoms with E-state index in [0.29, 0.717) is 5.92 Å². The van der Waals surface area contributed by atoms with Crippen molar-refractivity contribution in [2.75, 3.05) is 31.7 Å². The van der Waals surface area contributed by atoms with E-state index >= 15 is 0 Å². The Bertz CT molecular complexity index is 328. The zero-order chi connectivity index (χ0) is 11.4. The first-order valence-electron chi connectivity index (χ1n) is 5.63. The van der Waals surface area contributed by atoms with Gasteiger partial charge in [0.2, 0.25) is 0 Å². The monoisotopic (exact) mass is 242 g/mol. The predicted octanol–water partition coefficient (Wildman–Crippen LogP) is 1.50. The van der Waals surface area contributed by atoms with Crippen LogP contribution in [0.5, 0.6) is 0 Å². The van der Waals surface area contributed by atoms with Crippen LogP contribution in [-0.2, 0) is 11.3 Å². The fourth-order valence-electron chi connectivity index (χ4n) is 2.13. The molecule has 1 atom stereocenters. The van der Waals surface area contributed by atoms with E-state index in [9.17, 15) is 0 Å². The van der Waals surface area contributed by atoms with E-state index in [1.807, 2.05) is 0 Å². The lowest BCUT2D eigenvalue weighted by atomic mass is 9.99. The number of piperidine rings is 1. The third-order valence-electron chi connectivity index (χ3n) is 2.89. The maximum Gasteiger partial charge on any atom is 0.185 e. The van der Waals surface area contributed by atoms with E-state index in [0.717, 1.165) is 29.7 Å². The highest BCUT2D eigenvalue weighted by Gasteiger charge is 2.21. The van der Waals surface area contributed by atoms with E-state index in [-0.39, 0.29) is 6.61 Å². The molecule has 90 valence electrons. The average molecular weight is 242 g/mol. The molecule has 16 heavy (non-hydrogen) atoms. The van der Waals surface area contributed by atoms with Gasteiger partial charge in [0.05, 0.1) is 18.1 Å². The van der Waals surface area contributed by atoms with Crippen molar-refractivity contribution in [3.05, 3.63) is 11.1 Å². The number of ether oxygens (including phenoxy) is 1. The van der Waals surface area contributed by atoms with Gasteiger partial charge in [-0.1, -0.05) is 11.3 Å². The summed E-state index contributed by atoms with van der Waals surface area (Å²) in [7, 11) is 1.76. The van der Waals surface area contributed by atoms with Crippen LogP contribution in [0.3, 0.4) is 0 Å². The topological polar surface area (TPSA) is 45.6 Å². The van der Waals surface area contributed by atoms with Crippen LogP contribution < -0.4 is 4.90 Å². The van der Waals surface area contributed by atoms with Gasteiger partial charge in [0.25, 0.3) is 0 Å². The lowest BCUT2D eigenvalue weighted by Gasteiger charge is -2.32. The van der Waals surface area contributed by atoms with Gasteiger partial charge in [0.15, 0.2) is 5.13 Å². The van der Waals surface area contributed by atoms with Crippen molar-refractivity contribution in [3.8, 4) is 0 Å². The molecule has 0 radical (unpaired) electrons. The second-order valence-electron chi connectivity index (χ2n) is 4.18. The number of aliphatic hydroxyl groups excluding tert-OH is 1. The zero-order valence-electron chi connectivity index (χ0n) is 9.56. The van der Waals surface area contributed by atoms with Crippen molar-refractivity contribution in [1.29, 1.82) is 0 Å². The maximum absolute atomic E-state index is 9.02. The number of hydrogen-bond donors (Lipinski definition) is 1. The average Bonchev–Trinajstić information content (AvgIpc) is 2.78. The van der Waals surface area contributed by atoms with Crippen LogP contribution in [0.25, 0.3) is 0 Å². The molecule has 1 aliphatic heterocycles. The Morgan fingerprint density at radius 2 is 2.56 bits per heavy atom. The second-order valence-corrected chi connectivity index (χ2v) is 5.27. The molecule has 0 aliphatic carbocycles. The molecule has 2 rings (SSSR count). The quantitative estimate of drug-likeness (QED) is 0.869. The van der Waals surface area contributed by atoms with Crippen molar-refractivity contribution >= 4 is 16.5 Å². The normalized spacial score (nSPS) is 21.4. The standard InChI is InChI=1S/C11H18N2O2S/c1-15-8-9-3-2-4-13(6-9)11-12-5-10(7-14)16-11/h5,9,14H,2-4,6-8H2,1H3. The Kier molecular flexibility index (Phi) is 4.15. The summed E-state index contributed by atoms with van der Waals surface area (Å²) in [6.07, 6.45) is 4.20. The van der Waals surface area contributed by atoms with Gasteiger partial charge in [0.1, 0.15) is 0 Å². The van der Waals surface area contributed by atoms with Crippen LogP contribution in [-0.4, -0.2) is 36.9 Å². The molecule has 0 spiro atoms. The van der Waals surface area contributed by atoms with Crippen LogP contribution in [0.15, 0.2) is 6.20 Å². The molecule has 0 saturated carbocycles. The molecule has 1 aliphatic rings. The number of hydrogen-bond acceptors (Lipinski definition) is 5. The van der Waals surface area contributed by atoms with Gasteiger partial charge in [-0.05, 0) is 18.8 Å². The fraction of sp³-hybridized carbons (Fsp3) is 0.727. The smallest absolute Gasteiger partial charge is 0.185 e. The molecule has 0 aromatic carbocycles. The molecule has 1 unspecified atom stereocenters. The molecule has 0 amide bonds. The minimum absolute atomic E-state index is 0.0903. The van der Waals surface area contributed by atoms with Crippen LogP contribution in [0.2, 0.25) is 0 Å². The predicted molar refractivity (Wildman–Crippen MR) is 64.8 cm³/mol. The highest BCUT2D eigenvalue weighted by atomic mass is 32.1. The van der Waals surface area contributed by atoms with Crippen molar-refractivity contribution in [1.82, 2.24) is 4.98 Å².